The Kier molecular flexibility index (Phi) is 8.55. The number of nitrogens with two attached hydrogens (primary N) is 1. The van der Waals surface area contributed by atoms with Gasteiger partial charge in [0.1, 0.15) is 12.4 Å². The summed E-state index contributed by atoms with van der Waals surface area (Å²) in [6, 6.07) is 0. The van der Waals surface area contributed by atoms with E-state index >= 15 is 0 Å². The second-order valence-corrected chi connectivity index (χ2v) is 6.11. The molecule has 1 aliphatic rings. The first-order valence-corrected chi connectivity index (χ1v) is 7.32. The molecule has 0 spiro atoms. The SMILES string of the molecule is CC1(N)CCCCC1C(=O)NCc1nccn1CC(F)(F)F.Cl.Cl. The zero-order valence-corrected chi connectivity index (χ0v) is 14.9. The standard InChI is InChI=1S/C14H21F3N4O.2ClH/c1-13(18)5-3-2-4-10(13)12(22)20-8-11-19-6-7-21(11)9-14(15,16)17;;/h6-7,10H,2-5,8-9,18H2,1H3,(H,20,22);2*1H. The fraction of sp³-hybridized carbons (Fsp3) is 0.714. The number of carbonyl (C=O) groups is 1. The second-order valence-electron chi connectivity index (χ2n) is 6.11. The highest BCUT2D eigenvalue weighted by atomic mass is 35.5. The van der Waals surface area contributed by atoms with Gasteiger partial charge in [0.15, 0.2) is 0 Å². The molecule has 0 radical (unpaired) electrons. The molecule has 1 heterocycles. The second kappa shape index (κ2) is 8.92. The van der Waals surface area contributed by atoms with Crippen molar-refractivity contribution in [3.8, 4) is 0 Å². The van der Waals surface area contributed by atoms with Gasteiger partial charge in [0.05, 0.1) is 12.5 Å². The van der Waals surface area contributed by atoms with Crippen molar-refractivity contribution in [1.29, 1.82) is 0 Å². The molecule has 5 nitrogen and oxygen atoms in total. The molecule has 1 aliphatic carbocycles. The first-order valence-electron chi connectivity index (χ1n) is 7.32. The van der Waals surface area contributed by atoms with Gasteiger partial charge in [0.25, 0.3) is 0 Å². The van der Waals surface area contributed by atoms with Gasteiger partial charge >= 0.3 is 6.18 Å². The van der Waals surface area contributed by atoms with E-state index in [1.54, 1.807) is 0 Å². The van der Waals surface area contributed by atoms with Crippen LogP contribution in [0, 0.1) is 5.92 Å². The number of rotatable bonds is 4. The molecule has 2 rings (SSSR count). The topological polar surface area (TPSA) is 72.9 Å². The summed E-state index contributed by atoms with van der Waals surface area (Å²) < 4.78 is 38.3. The van der Waals surface area contributed by atoms with Crippen LogP contribution < -0.4 is 11.1 Å². The van der Waals surface area contributed by atoms with Crippen molar-refractivity contribution in [3.63, 3.8) is 0 Å². The molecule has 2 atom stereocenters. The van der Waals surface area contributed by atoms with Gasteiger partial charge < -0.3 is 15.6 Å². The number of hydrogen-bond acceptors (Lipinski definition) is 3. The van der Waals surface area contributed by atoms with Crippen LogP contribution in [-0.2, 0) is 17.9 Å². The fourth-order valence-electron chi connectivity index (χ4n) is 2.92. The van der Waals surface area contributed by atoms with Crippen LogP contribution in [0.2, 0.25) is 0 Å². The number of halogens is 5. The predicted octanol–water partition coefficient (Wildman–Crippen LogP) is 2.81. The van der Waals surface area contributed by atoms with E-state index in [0.717, 1.165) is 23.8 Å². The summed E-state index contributed by atoms with van der Waals surface area (Å²) in [6.07, 6.45) is 1.63. The van der Waals surface area contributed by atoms with Gasteiger partial charge in [-0.1, -0.05) is 12.8 Å². The number of amides is 1. The van der Waals surface area contributed by atoms with Crippen LogP contribution in [0.1, 0.15) is 38.4 Å². The van der Waals surface area contributed by atoms with Gasteiger partial charge in [-0.2, -0.15) is 13.2 Å². The molecule has 0 bridgehead atoms. The Morgan fingerprint density at radius 1 is 1.46 bits per heavy atom. The van der Waals surface area contributed by atoms with Gasteiger partial charge in [-0.15, -0.1) is 24.8 Å². The fourth-order valence-corrected chi connectivity index (χ4v) is 2.92. The van der Waals surface area contributed by atoms with Gasteiger partial charge in [-0.05, 0) is 19.8 Å². The van der Waals surface area contributed by atoms with Crippen LogP contribution >= 0.6 is 24.8 Å². The number of nitrogens with one attached hydrogen (secondary N) is 1. The Bertz CT molecular complexity index is 534. The number of carbonyl (C=O) groups excluding carboxylic acids is 1. The molecule has 1 aromatic rings. The van der Waals surface area contributed by atoms with Gasteiger partial charge in [-0.25, -0.2) is 4.98 Å². The third-order valence-corrected chi connectivity index (χ3v) is 4.14. The van der Waals surface area contributed by atoms with Crippen LogP contribution in [0.15, 0.2) is 12.4 Å². The smallest absolute Gasteiger partial charge is 0.349 e. The van der Waals surface area contributed by atoms with E-state index in [0.29, 0.717) is 6.42 Å². The third-order valence-electron chi connectivity index (χ3n) is 4.14. The van der Waals surface area contributed by atoms with Crippen LogP contribution in [0.25, 0.3) is 0 Å². The Morgan fingerprint density at radius 2 is 2.12 bits per heavy atom. The maximum absolute atomic E-state index is 12.4. The monoisotopic (exact) mass is 390 g/mol. The molecule has 140 valence electrons. The lowest BCUT2D eigenvalue weighted by atomic mass is 9.74. The summed E-state index contributed by atoms with van der Waals surface area (Å²) >= 11 is 0. The molecular weight excluding hydrogens is 368 g/mol. The van der Waals surface area contributed by atoms with E-state index in [2.05, 4.69) is 10.3 Å². The summed E-state index contributed by atoms with van der Waals surface area (Å²) in [4.78, 5) is 16.1. The van der Waals surface area contributed by atoms with Crippen molar-refractivity contribution in [1.82, 2.24) is 14.9 Å². The zero-order valence-electron chi connectivity index (χ0n) is 13.3. The maximum Gasteiger partial charge on any atom is 0.406 e. The van der Waals surface area contributed by atoms with Crippen LogP contribution in [-0.4, -0.2) is 27.2 Å². The number of alkyl halides is 3. The Hall–Kier alpha value is -0.990. The lowest BCUT2D eigenvalue weighted by Gasteiger charge is -2.37. The molecule has 2 unspecified atom stereocenters. The van der Waals surface area contributed by atoms with Crippen molar-refractivity contribution >= 4 is 30.7 Å². The number of hydrogen-bond donors (Lipinski definition) is 2. The highest BCUT2D eigenvalue weighted by Crippen LogP contribution is 2.31. The van der Waals surface area contributed by atoms with Crippen LogP contribution in [0.4, 0.5) is 13.2 Å². The lowest BCUT2D eigenvalue weighted by Crippen LogP contribution is -2.52. The third kappa shape index (κ3) is 6.14. The number of imidazole rings is 1. The van der Waals surface area contributed by atoms with E-state index < -0.39 is 18.3 Å². The highest BCUT2D eigenvalue weighted by molar-refractivity contribution is 5.85. The number of aromatic nitrogens is 2. The lowest BCUT2D eigenvalue weighted by molar-refractivity contribution is -0.141. The number of nitrogens with zero attached hydrogens (tertiary/aromatic N) is 2. The van der Waals surface area contributed by atoms with E-state index in [1.165, 1.54) is 12.4 Å². The minimum Gasteiger partial charge on any atom is -0.349 e. The molecule has 0 saturated heterocycles. The van der Waals surface area contributed by atoms with Crippen molar-refractivity contribution in [2.45, 2.75) is 57.4 Å². The van der Waals surface area contributed by atoms with Crippen molar-refractivity contribution in [3.05, 3.63) is 18.2 Å². The van der Waals surface area contributed by atoms with E-state index in [9.17, 15) is 18.0 Å². The minimum absolute atomic E-state index is 0. The minimum atomic E-state index is -4.32. The molecule has 0 aliphatic heterocycles. The Balaban J connectivity index is 0.00000264. The summed E-state index contributed by atoms with van der Waals surface area (Å²) in [5.41, 5.74) is 5.59. The molecule has 1 saturated carbocycles. The van der Waals surface area contributed by atoms with Gasteiger partial charge in [0, 0.05) is 17.9 Å². The summed E-state index contributed by atoms with van der Waals surface area (Å²) in [7, 11) is 0. The van der Waals surface area contributed by atoms with Crippen LogP contribution in [0.5, 0.6) is 0 Å². The molecule has 1 fully saturated rings. The molecule has 24 heavy (non-hydrogen) atoms. The highest BCUT2D eigenvalue weighted by Gasteiger charge is 2.37. The summed E-state index contributed by atoms with van der Waals surface area (Å²) in [5, 5.41) is 2.67. The van der Waals surface area contributed by atoms with Crippen molar-refractivity contribution in [2.75, 3.05) is 0 Å². The van der Waals surface area contributed by atoms with Crippen molar-refractivity contribution in [2.24, 2.45) is 11.7 Å². The first kappa shape index (κ1) is 23.0. The summed E-state index contributed by atoms with van der Waals surface area (Å²) in [6.45, 7) is 0.700. The van der Waals surface area contributed by atoms with E-state index in [1.807, 2.05) is 6.92 Å². The Morgan fingerprint density at radius 3 is 2.71 bits per heavy atom. The van der Waals surface area contributed by atoms with Gasteiger partial charge in [-0.3, -0.25) is 4.79 Å². The average Bonchev–Trinajstić information content (AvgIpc) is 2.80. The van der Waals surface area contributed by atoms with Crippen molar-refractivity contribution < 1.29 is 18.0 Å². The molecule has 3 N–H and O–H groups in total. The Labute approximate surface area is 151 Å². The summed E-state index contributed by atoms with van der Waals surface area (Å²) in [5.74, 6) is -0.348. The molecular formula is C14H23Cl2F3N4O. The van der Waals surface area contributed by atoms with E-state index in [-0.39, 0.29) is 49.0 Å². The van der Waals surface area contributed by atoms with E-state index in [4.69, 9.17) is 5.73 Å². The largest absolute Gasteiger partial charge is 0.406 e. The normalized spacial score (nSPS) is 23.8. The quantitative estimate of drug-likeness (QED) is 0.829. The van der Waals surface area contributed by atoms with Crippen LogP contribution in [0.3, 0.4) is 0 Å². The molecule has 0 aromatic carbocycles. The maximum atomic E-state index is 12.4. The molecule has 1 aromatic heterocycles. The first-order chi connectivity index (χ1) is 10.2. The predicted molar refractivity (Wildman–Crippen MR) is 89.2 cm³/mol. The zero-order chi connectivity index (χ0) is 16.4. The average molecular weight is 391 g/mol. The molecule has 1 amide bonds. The molecule has 10 heteroatoms. The van der Waals surface area contributed by atoms with Gasteiger partial charge in [0.2, 0.25) is 5.91 Å².